The summed E-state index contributed by atoms with van der Waals surface area (Å²) in [4.78, 5) is 11.6. The van der Waals surface area contributed by atoms with E-state index >= 15 is 0 Å². The van der Waals surface area contributed by atoms with Gasteiger partial charge in [0.1, 0.15) is 6.04 Å². The molecule has 0 spiro atoms. The Kier molecular flexibility index (Phi) is 3.40. The van der Waals surface area contributed by atoms with Crippen LogP contribution in [0.4, 0.5) is 0 Å². The monoisotopic (exact) mass is 195 g/mol. The van der Waals surface area contributed by atoms with Crippen molar-refractivity contribution in [3.8, 4) is 0 Å². The lowest BCUT2D eigenvalue weighted by Gasteiger charge is -2.13. The number of rotatable bonds is 3. The highest BCUT2D eigenvalue weighted by atomic mass is 16.2. The lowest BCUT2D eigenvalue weighted by Crippen LogP contribution is -2.39. The average Bonchev–Trinajstić information content (AvgIpc) is 2.87. The van der Waals surface area contributed by atoms with Crippen LogP contribution in [0.25, 0.3) is 0 Å². The molecule has 2 rings (SSSR count). The number of nitrogens with one attached hydrogen (secondary N) is 1. The molecular weight excluding hydrogens is 176 g/mol. The van der Waals surface area contributed by atoms with Gasteiger partial charge >= 0.3 is 0 Å². The minimum absolute atomic E-state index is 0.0311. The molecular formula is C11H19N2O. The van der Waals surface area contributed by atoms with Gasteiger partial charge in [0, 0.05) is 13.1 Å². The molecule has 0 aromatic heterocycles. The number of amides is 1. The van der Waals surface area contributed by atoms with E-state index in [4.69, 9.17) is 0 Å². The fourth-order valence-electron chi connectivity index (χ4n) is 2.41. The highest BCUT2D eigenvalue weighted by Gasteiger charge is 2.24. The largest absolute Gasteiger partial charge is 0.354 e. The predicted octanol–water partition coefficient (Wildman–Crippen LogP) is 1.06. The van der Waals surface area contributed by atoms with E-state index in [0.29, 0.717) is 0 Å². The Bertz CT molecular complexity index is 193. The summed E-state index contributed by atoms with van der Waals surface area (Å²) in [6.07, 6.45) is 7.31. The second kappa shape index (κ2) is 4.78. The van der Waals surface area contributed by atoms with Gasteiger partial charge < -0.3 is 5.32 Å². The third-order valence-electron chi connectivity index (χ3n) is 3.33. The van der Waals surface area contributed by atoms with E-state index in [1.165, 1.54) is 25.7 Å². The van der Waals surface area contributed by atoms with Gasteiger partial charge in [-0.1, -0.05) is 12.8 Å². The molecule has 1 heterocycles. The molecule has 1 amide bonds. The lowest BCUT2D eigenvalue weighted by molar-refractivity contribution is -0.123. The zero-order valence-corrected chi connectivity index (χ0v) is 8.67. The second-order valence-corrected chi connectivity index (χ2v) is 4.46. The molecule has 2 aliphatic rings. The maximum atomic E-state index is 11.6. The highest BCUT2D eigenvalue weighted by Crippen LogP contribution is 2.23. The van der Waals surface area contributed by atoms with Crippen LogP contribution in [0, 0.1) is 5.92 Å². The maximum absolute atomic E-state index is 11.6. The summed E-state index contributed by atoms with van der Waals surface area (Å²) in [5, 5.41) is 7.30. The van der Waals surface area contributed by atoms with E-state index in [9.17, 15) is 4.79 Å². The van der Waals surface area contributed by atoms with Gasteiger partial charge in [-0.05, 0) is 31.6 Å². The third kappa shape index (κ3) is 2.47. The van der Waals surface area contributed by atoms with Crippen LogP contribution < -0.4 is 10.6 Å². The zero-order chi connectivity index (χ0) is 9.80. The van der Waals surface area contributed by atoms with Crippen LogP contribution in [0.1, 0.15) is 38.5 Å². The minimum Gasteiger partial charge on any atom is -0.354 e. The molecule has 3 nitrogen and oxygen atoms in total. The minimum atomic E-state index is -0.0311. The summed E-state index contributed by atoms with van der Waals surface area (Å²) in [7, 11) is 0. The summed E-state index contributed by atoms with van der Waals surface area (Å²) >= 11 is 0. The van der Waals surface area contributed by atoms with Crippen molar-refractivity contribution >= 4 is 5.91 Å². The van der Waals surface area contributed by atoms with E-state index in [2.05, 4.69) is 10.6 Å². The summed E-state index contributed by atoms with van der Waals surface area (Å²) in [6.45, 7) is 1.76. The SMILES string of the molecule is O=C(NCC1CCCC1)C1CCC[N]1. The molecule has 1 saturated heterocycles. The molecule has 0 aromatic carbocycles. The molecule has 1 aliphatic carbocycles. The molecule has 14 heavy (non-hydrogen) atoms. The normalized spacial score (nSPS) is 28.1. The van der Waals surface area contributed by atoms with Gasteiger partial charge in [-0.2, -0.15) is 0 Å². The van der Waals surface area contributed by atoms with E-state index in [1.54, 1.807) is 0 Å². The van der Waals surface area contributed by atoms with Crippen LogP contribution in [0.15, 0.2) is 0 Å². The van der Waals surface area contributed by atoms with E-state index in [0.717, 1.165) is 31.8 Å². The van der Waals surface area contributed by atoms with Gasteiger partial charge in [-0.3, -0.25) is 4.79 Å². The summed E-state index contributed by atoms with van der Waals surface area (Å²) in [6, 6.07) is -0.0311. The van der Waals surface area contributed by atoms with Crippen molar-refractivity contribution in [2.45, 2.75) is 44.6 Å². The van der Waals surface area contributed by atoms with Crippen LogP contribution >= 0.6 is 0 Å². The number of hydrogen-bond acceptors (Lipinski definition) is 1. The fraction of sp³-hybridized carbons (Fsp3) is 0.909. The number of carbonyl (C=O) groups excluding carboxylic acids is 1. The molecule has 1 unspecified atom stereocenters. The second-order valence-electron chi connectivity index (χ2n) is 4.46. The van der Waals surface area contributed by atoms with Crippen molar-refractivity contribution in [3.05, 3.63) is 0 Å². The summed E-state index contributed by atoms with van der Waals surface area (Å²) in [5.74, 6) is 0.898. The van der Waals surface area contributed by atoms with E-state index in [-0.39, 0.29) is 11.9 Å². The Morgan fingerprint density at radius 3 is 2.64 bits per heavy atom. The zero-order valence-electron chi connectivity index (χ0n) is 8.67. The Balaban J connectivity index is 1.66. The predicted molar refractivity (Wildman–Crippen MR) is 55.0 cm³/mol. The first-order valence-electron chi connectivity index (χ1n) is 5.80. The molecule has 1 saturated carbocycles. The first-order valence-corrected chi connectivity index (χ1v) is 5.80. The molecule has 0 bridgehead atoms. The quantitative estimate of drug-likeness (QED) is 0.719. The molecule has 1 aliphatic heterocycles. The third-order valence-corrected chi connectivity index (χ3v) is 3.33. The van der Waals surface area contributed by atoms with Gasteiger partial charge in [0.05, 0.1) is 0 Å². The molecule has 0 aromatic rings. The number of nitrogens with zero attached hydrogens (tertiary/aromatic N) is 1. The van der Waals surface area contributed by atoms with Crippen LogP contribution in [0.2, 0.25) is 0 Å². The van der Waals surface area contributed by atoms with Gasteiger partial charge in [0.2, 0.25) is 5.91 Å². The van der Waals surface area contributed by atoms with Crippen LogP contribution in [0.5, 0.6) is 0 Å². The van der Waals surface area contributed by atoms with Gasteiger partial charge in [0.25, 0.3) is 0 Å². The van der Waals surface area contributed by atoms with Crippen molar-refractivity contribution in [1.29, 1.82) is 0 Å². The topological polar surface area (TPSA) is 43.2 Å². The van der Waals surface area contributed by atoms with Crippen molar-refractivity contribution in [2.24, 2.45) is 5.92 Å². The first-order chi connectivity index (χ1) is 6.86. The van der Waals surface area contributed by atoms with Gasteiger partial charge in [0.15, 0.2) is 0 Å². The van der Waals surface area contributed by atoms with E-state index < -0.39 is 0 Å². The van der Waals surface area contributed by atoms with Crippen molar-refractivity contribution < 1.29 is 4.79 Å². The maximum Gasteiger partial charge on any atom is 0.238 e. The lowest BCUT2D eigenvalue weighted by atomic mass is 10.1. The van der Waals surface area contributed by atoms with Crippen LogP contribution in [-0.2, 0) is 4.79 Å². The van der Waals surface area contributed by atoms with Gasteiger partial charge in [-0.25, -0.2) is 5.32 Å². The van der Waals surface area contributed by atoms with Crippen molar-refractivity contribution in [2.75, 3.05) is 13.1 Å². The highest BCUT2D eigenvalue weighted by molar-refractivity contribution is 5.81. The van der Waals surface area contributed by atoms with Crippen LogP contribution in [-0.4, -0.2) is 25.0 Å². The molecule has 1 radical (unpaired) electrons. The Morgan fingerprint density at radius 1 is 1.21 bits per heavy atom. The number of carbonyl (C=O) groups is 1. The van der Waals surface area contributed by atoms with Gasteiger partial charge in [-0.15, -0.1) is 0 Å². The van der Waals surface area contributed by atoms with E-state index in [1.807, 2.05) is 0 Å². The smallest absolute Gasteiger partial charge is 0.238 e. The molecule has 1 atom stereocenters. The summed E-state index contributed by atoms with van der Waals surface area (Å²) in [5.41, 5.74) is 0. The Hall–Kier alpha value is -0.570. The first kappa shape index (κ1) is 9.97. The fourth-order valence-corrected chi connectivity index (χ4v) is 2.41. The van der Waals surface area contributed by atoms with Crippen LogP contribution in [0.3, 0.4) is 0 Å². The Morgan fingerprint density at radius 2 is 2.00 bits per heavy atom. The Labute approximate surface area is 85.6 Å². The summed E-state index contributed by atoms with van der Waals surface area (Å²) < 4.78 is 0. The molecule has 3 heteroatoms. The standard InChI is InChI=1S/C11H19N2O/c14-11(10-6-3-7-12-10)13-8-9-4-1-2-5-9/h9-10H,1-8H2,(H,13,14). The molecule has 79 valence electrons. The van der Waals surface area contributed by atoms with Crippen molar-refractivity contribution in [3.63, 3.8) is 0 Å². The van der Waals surface area contributed by atoms with Crippen molar-refractivity contribution in [1.82, 2.24) is 10.6 Å². The molecule has 1 N–H and O–H groups in total. The average molecular weight is 195 g/mol. The molecule has 2 fully saturated rings. The number of hydrogen-bond donors (Lipinski definition) is 1.